The first-order chi connectivity index (χ1) is 8.20. The molecule has 0 amide bonds. The molecule has 2 rings (SSSR count). The summed E-state index contributed by atoms with van der Waals surface area (Å²) in [4.78, 5) is 19.8. The maximum atomic E-state index is 11.4. The van der Waals surface area contributed by atoms with E-state index in [1.54, 1.807) is 0 Å². The van der Waals surface area contributed by atoms with E-state index in [1.807, 2.05) is 42.2 Å². The smallest absolute Gasteiger partial charge is 0.254 e. The fourth-order valence-electron chi connectivity index (χ4n) is 1.69. The first-order valence-corrected chi connectivity index (χ1v) is 5.40. The Kier molecular flexibility index (Phi) is 3.09. The highest BCUT2D eigenvalue weighted by molar-refractivity contribution is 5.59. The number of rotatable bonds is 3. The van der Waals surface area contributed by atoms with Gasteiger partial charge in [0.15, 0.2) is 0 Å². The number of nitrogens with zero attached hydrogens (tertiary/aromatic N) is 2. The molecule has 1 aromatic heterocycles. The Morgan fingerprint density at radius 3 is 2.65 bits per heavy atom. The van der Waals surface area contributed by atoms with Gasteiger partial charge in [-0.05, 0) is 19.1 Å². The molecular formula is C12H14N4O. The average Bonchev–Trinajstić information content (AvgIpc) is 2.30. The third kappa shape index (κ3) is 2.44. The number of benzene rings is 1. The van der Waals surface area contributed by atoms with Crippen LogP contribution in [0.25, 0.3) is 0 Å². The first-order valence-electron chi connectivity index (χ1n) is 5.40. The predicted molar refractivity (Wildman–Crippen MR) is 68.4 cm³/mol. The largest absolute Gasteiger partial charge is 0.369 e. The summed E-state index contributed by atoms with van der Waals surface area (Å²) in [5, 5.41) is 0. The van der Waals surface area contributed by atoms with Gasteiger partial charge in [0.1, 0.15) is 5.82 Å². The summed E-state index contributed by atoms with van der Waals surface area (Å²) in [7, 11) is 0. The van der Waals surface area contributed by atoms with Crippen LogP contribution < -0.4 is 16.2 Å². The Bertz CT molecular complexity index is 550. The molecule has 5 nitrogen and oxygen atoms in total. The lowest BCUT2D eigenvalue weighted by molar-refractivity contribution is 0.973. The minimum absolute atomic E-state index is 0.127. The van der Waals surface area contributed by atoms with Crippen LogP contribution in [-0.4, -0.2) is 16.5 Å². The van der Waals surface area contributed by atoms with Crippen LogP contribution in [0.5, 0.6) is 0 Å². The Morgan fingerprint density at radius 1 is 1.35 bits per heavy atom. The topological polar surface area (TPSA) is 75.0 Å². The summed E-state index contributed by atoms with van der Waals surface area (Å²) in [6.45, 7) is 2.70. The van der Waals surface area contributed by atoms with E-state index in [-0.39, 0.29) is 11.5 Å². The van der Waals surface area contributed by atoms with Crippen molar-refractivity contribution in [1.82, 2.24) is 9.97 Å². The van der Waals surface area contributed by atoms with Crippen molar-refractivity contribution in [2.24, 2.45) is 0 Å². The molecule has 0 bridgehead atoms. The number of hydrogen-bond donors (Lipinski definition) is 2. The van der Waals surface area contributed by atoms with Crippen LogP contribution in [0, 0.1) is 0 Å². The van der Waals surface area contributed by atoms with E-state index < -0.39 is 0 Å². The number of aromatic amines is 1. The molecule has 1 heterocycles. The number of para-hydroxylation sites is 1. The van der Waals surface area contributed by atoms with Gasteiger partial charge >= 0.3 is 0 Å². The minimum Gasteiger partial charge on any atom is -0.369 e. The van der Waals surface area contributed by atoms with Gasteiger partial charge in [-0.2, -0.15) is 4.98 Å². The molecular weight excluding hydrogens is 216 g/mol. The molecule has 88 valence electrons. The lowest BCUT2D eigenvalue weighted by Gasteiger charge is -2.21. The third-order valence-corrected chi connectivity index (χ3v) is 2.41. The number of nitrogens with one attached hydrogen (secondary N) is 1. The van der Waals surface area contributed by atoms with Crippen LogP contribution in [0.15, 0.2) is 41.2 Å². The molecule has 0 aliphatic rings. The van der Waals surface area contributed by atoms with Gasteiger partial charge in [-0.1, -0.05) is 18.2 Å². The van der Waals surface area contributed by atoms with Crippen molar-refractivity contribution in [3.8, 4) is 0 Å². The molecule has 0 aliphatic heterocycles. The normalized spacial score (nSPS) is 10.2. The number of anilines is 3. The Labute approximate surface area is 98.9 Å². The van der Waals surface area contributed by atoms with Gasteiger partial charge in [0.25, 0.3) is 5.56 Å². The molecule has 0 saturated carbocycles. The van der Waals surface area contributed by atoms with Crippen molar-refractivity contribution in [2.45, 2.75) is 6.92 Å². The fourth-order valence-corrected chi connectivity index (χ4v) is 1.69. The molecule has 0 spiro atoms. The molecule has 17 heavy (non-hydrogen) atoms. The number of nitrogens with two attached hydrogens (primary N) is 1. The van der Waals surface area contributed by atoms with Gasteiger partial charge in [-0.15, -0.1) is 0 Å². The van der Waals surface area contributed by atoms with Crippen LogP contribution in [0.2, 0.25) is 0 Å². The Hall–Kier alpha value is -2.30. The number of aromatic nitrogens is 2. The van der Waals surface area contributed by atoms with E-state index in [9.17, 15) is 4.79 Å². The quantitative estimate of drug-likeness (QED) is 0.838. The Balaban J connectivity index is 2.46. The second-order valence-electron chi connectivity index (χ2n) is 3.57. The summed E-state index contributed by atoms with van der Waals surface area (Å²) >= 11 is 0. The number of nitrogen functional groups attached to an aromatic ring is 1. The molecule has 1 aromatic carbocycles. The highest BCUT2D eigenvalue weighted by Gasteiger charge is 2.09. The molecule has 2 aromatic rings. The summed E-state index contributed by atoms with van der Waals surface area (Å²) in [6, 6.07) is 11.2. The summed E-state index contributed by atoms with van der Waals surface area (Å²) < 4.78 is 0. The zero-order chi connectivity index (χ0) is 12.3. The van der Waals surface area contributed by atoms with Gasteiger partial charge < -0.3 is 10.6 Å². The van der Waals surface area contributed by atoms with Crippen LogP contribution in [-0.2, 0) is 0 Å². The molecule has 0 aliphatic carbocycles. The van der Waals surface area contributed by atoms with Crippen LogP contribution in [0.3, 0.4) is 0 Å². The van der Waals surface area contributed by atoms with Crippen molar-refractivity contribution in [3.05, 3.63) is 46.8 Å². The lowest BCUT2D eigenvalue weighted by Crippen LogP contribution is -2.21. The van der Waals surface area contributed by atoms with Gasteiger partial charge in [-0.3, -0.25) is 9.78 Å². The molecule has 5 heteroatoms. The van der Waals surface area contributed by atoms with Crippen molar-refractivity contribution in [1.29, 1.82) is 0 Å². The minimum atomic E-state index is -0.248. The standard InChI is InChI=1S/C12H14N4O/c1-2-16(9-6-4-3-5-7-9)10-8-11(17)15-12(13)14-10/h3-8H,2H2,1H3,(H3,13,14,15,17). The maximum absolute atomic E-state index is 11.4. The second kappa shape index (κ2) is 4.69. The zero-order valence-electron chi connectivity index (χ0n) is 9.55. The van der Waals surface area contributed by atoms with Crippen molar-refractivity contribution >= 4 is 17.5 Å². The lowest BCUT2D eigenvalue weighted by atomic mass is 10.3. The highest BCUT2D eigenvalue weighted by atomic mass is 16.1. The van der Waals surface area contributed by atoms with E-state index in [0.29, 0.717) is 12.4 Å². The predicted octanol–water partition coefficient (Wildman–Crippen LogP) is 1.51. The van der Waals surface area contributed by atoms with Gasteiger partial charge in [0.05, 0.1) is 0 Å². The first kappa shape index (κ1) is 11.2. The van der Waals surface area contributed by atoms with Crippen LogP contribution >= 0.6 is 0 Å². The number of H-pyrrole nitrogens is 1. The van der Waals surface area contributed by atoms with Crippen molar-refractivity contribution in [3.63, 3.8) is 0 Å². The summed E-state index contributed by atoms with van der Waals surface area (Å²) in [5.74, 6) is 0.682. The maximum Gasteiger partial charge on any atom is 0.254 e. The van der Waals surface area contributed by atoms with Crippen molar-refractivity contribution < 1.29 is 0 Å². The fraction of sp³-hybridized carbons (Fsp3) is 0.167. The summed E-state index contributed by atoms with van der Waals surface area (Å²) in [5.41, 5.74) is 6.27. The highest BCUT2D eigenvalue weighted by Crippen LogP contribution is 2.21. The van der Waals surface area contributed by atoms with E-state index in [0.717, 1.165) is 5.69 Å². The molecule has 0 atom stereocenters. The van der Waals surface area contributed by atoms with Gasteiger partial charge in [0.2, 0.25) is 5.95 Å². The monoisotopic (exact) mass is 230 g/mol. The van der Waals surface area contributed by atoms with E-state index in [4.69, 9.17) is 5.73 Å². The number of hydrogen-bond acceptors (Lipinski definition) is 4. The van der Waals surface area contributed by atoms with Crippen molar-refractivity contribution in [2.75, 3.05) is 17.2 Å². The second-order valence-corrected chi connectivity index (χ2v) is 3.57. The molecule has 0 unspecified atom stereocenters. The molecule has 0 radical (unpaired) electrons. The van der Waals surface area contributed by atoms with Gasteiger partial charge in [0, 0.05) is 18.3 Å². The summed E-state index contributed by atoms with van der Waals surface area (Å²) in [6.07, 6.45) is 0. The van der Waals surface area contributed by atoms with Crippen LogP contribution in [0.4, 0.5) is 17.5 Å². The third-order valence-electron chi connectivity index (χ3n) is 2.41. The molecule has 0 fully saturated rings. The SMILES string of the molecule is CCN(c1ccccc1)c1cc(=O)[nH]c(N)n1. The Morgan fingerprint density at radius 2 is 2.06 bits per heavy atom. The van der Waals surface area contributed by atoms with E-state index in [1.165, 1.54) is 6.07 Å². The zero-order valence-corrected chi connectivity index (χ0v) is 9.55. The average molecular weight is 230 g/mol. The molecule has 3 N–H and O–H groups in total. The van der Waals surface area contributed by atoms with Crippen LogP contribution in [0.1, 0.15) is 6.92 Å². The van der Waals surface area contributed by atoms with E-state index in [2.05, 4.69) is 9.97 Å². The van der Waals surface area contributed by atoms with Gasteiger partial charge in [-0.25, -0.2) is 0 Å². The van der Waals surface area contributed by atoms with E-state index >= 15 is 0 Å². The molecule has 0 saturated heterocycles.